The van der Waals surface area contributed by atoms with Gasteiger partial charge in [0.25, 0.3) is 23.6 Å². The summed E-state index contributed by atoms with van der Waals surface area (Å²) in [4.78, 5) is 126. The molecule has 0 spiro atoms. The minimum absolute atomic E-state index is 0.0103. The summed E-state index contributed by atoms with van der Waals surface area (Å²) < 4.78 is 51.8. The highest BCUT2D eigenvalue weighted by molar-refractivity contribution is 9.11. The molecule has 8 N–H and O–H groups in total. The molecule has 0 saturated carbocycles. The molecule has 6 atom stereocenters. The molecule has 810 valence electrons. The molecule has 31 nitrogen and oxygen atoms in total. The number of nitrogens with one attached hydrogen (secondary N) is 2. The molecular formula is C105H148Br2N6O25S6Si3. The third kappa shape index (κ3) is 37.7. The molecule has 7 aromatic carbocycles. The molecular weight excluding hydrogens is 2180 g/mol. The molecule has 0 aromatic heterocycles. The number of thioether (sulfide) groups is 6. The SMILES string of the molecule is CC(C)(C)[Si](C)(C)OCC1CSCCN1.COc1cccc(C(=O)N2CCSCC2CO)c1C=O.COc1cccc(C(=O)N2CCSCC2CO[Si](C)(C)C(C)(C)C)c1Br.COc1cccc(C(=O)N2CCSCC2CO[Si](C)(C)C(C)(C)C)c1C=O.COc1cccc(C(=O)N2CCSCC2COc2cccc(O)c2C=O)c1C=O.COc1cccc(C(=O)O)c1Br.O=Cc1c(O)cccc1O.OCC1CSCCN1. The van der Waals surface area contributed by atoms with E-state index in [-0.39, 0.29) is 134 Å². The Morgan fingerprint density at radius 3 is 0.946 bits per heavy atom. The maximum absolute atomic E-state index is 13.2. The van der Waals surface area contributed by atoms with Crippen LogP contribution in [0, 0.1) is 0 Å². The number of carbonyl (C=O) groups is 10. The molecule has 0 bridgehead atoms. The van der Waals surface area contributed by atoms with Crippen LogP contribution >= 0.6 is 102 Å². The van der Waals surface area contributed by atoms with E-state index in [1.54, 1.807) is 119 Å². The van der Waals surface area contributed by atoms with Crippen molar-refractivity contribution in [3.05, 3.63) is 192 Å². The van der Waals surface area contributed by atoms with Gasteiger partial charge in [0.1, 0.15) is 58.4 Å². The lowest BCUT2D eigenvalue weighted by molar-refractivity contribution is 0.0626. The highest BCUT2D eigenvalue weighted by Gasteiger charge is 2.43. The normalized spacial score (nSPS) is 17.9. The van der Waals surface area contributed by atoms with E-state index in [2.05, 4.69) is 144 Å². The Bertz CT molecular complexity index is 5400. The average molecular weight is 2330 g/mol. The van der Waals surface area contributed by atoms with Crippen molar-refractivity contribution in [3.8, 4) is 51.7 Å². The van der Waals surface area contributed by atoms with Crippen LogP contribution in [0.3, 0.4) is 0 Å². The van der Waals surface area contributed by atoms with Gasteiger partial charge in [0.2, 0.25) is 0 Å². The number of carboxylic acids is 1. The largest absolute Gasteiger partial charge is 0.507 e. The first-order valence-electron chi connectivity index (χ1n) is 48.1. The van der Waals surface area contributed by atoms with Gasteiger partial charge in [0.15, 0.2) is 56.4 Å². The lowest BCUT2D eigenvalue weighted by Crippen LogP contribution is -2.51. The fourth-order valence-electron chi connectivity index (χ4n) is 14.3. The van der Waals surface area contributed by atoms with Crippen LogP contribution in [0.2, 0.25) is 54.4 Å². The van der Waals surface area contributed by atoms with E-state index in [4.69, 9.17) is 62.1 Å². The Hall–Kier alpha value is -8.13. The third-order valence-corrected chi connectivity index (χ3v) is 48.0. The number of amides is 4. The van der Waals surface area contributed by atoms with Crippen LogP contribution in [0.1, 0.15) is 166 Å². The van der Waals surface area contributed by atoms with E-state index in [1.165, 1.54) is 76.0 Å². The summed E-state index contributed by atoms with van der Waals surface area (Å²) in [6.45, 7) is 40.9. The van der Waals surface area contributed by atoms with Crippen molar-refractivity contribution in [2.75, 3.05) is 183 Å². The molecule has 6 saturated heterocycles. The first kappa shape index (κ1) is 128. The van der Waals surface area contributed by atoms with E-state index in [9.17, 15) is 58.2 Å². The number of carbonyl (C=O) groups excluding carboxylic acids is 9. The minimum Gasteiger partial charge on any atom is -0.507 e. The average Bonchev–Trinajstić information content (AvgIpc) is 0.794. The van der Waals surface area contributed by atoms with Crippen LogP contribution in [0.5, 0.6) is 51.7 Å². The number of aromatic carboxylic acids is 1. The number of carboxylic acid groups (broad SMARTS) is 1. The predicted molar refractivity (Wildman–Crippen MR) is 608 cm³/mol. The smallest absolute Gasteiger partial charge is 0.336 e. The number of methoxy groups -OCH3 is 5. The molecule has 6 fully saturated rings. The topological polar surface area (TPSA) is 412 Å². The van der Waals surface area contributed by atoms with Crippen LogP contribution in [0.15, 0.2) is 136 Å². The number of aromatic hydroxyl groups is 3. The van der Waals surface area contributed by atoms with Crippen molar-refractivity contribution in [3.63, 3.8) is 0 Å². The van der Waals surface area contributed by atoms with Crippen molar-refractivity contribution >= 4 is 188 Å². The quantitative estimate of drug-likeness (QED) is 0.0159. The first-order valence-corrected chi connectivity index (χ1v) is 65.4. The van der Waals surface area contributed by atoms with E-state index in [1.807, 2.05) is 75.0 Å². The van der Waals surface area contributed by atoms with Gasteiger partial charge in [0, 0.05) is 120 Å². The van der Waals surface area contributed by atoms with Crippen LogP contribution < -0.4 is 39.1 Å². The second kappa shape index (κ2) is 62.8. The zero-order valence-corrected chi connectivity index (χ0v) is 99.0. The van der Waals surface area contributed by atoms with Crippen LogP contribution in [0.25, 0.3) is 0 Å². The van der Waals surface area contributed by atoms with Gasteiger partial charge in [0.05, 0.1) is 157 Å². The molecule has 6 unspecified atom stereocenters. The van der Waals surface area contributed by atoms with Crippen molar-refractivity contribution < 1.29 is 120 Å². The Balaban J connectivity index is 0.000000264. The number of aliphatic hydroxyl groups is 2. The van der Waals surface area contributed by atoms with Gasteiger partial charge in [-0.15, -0.1) is 0 Å². The van der Waals surface area contributed by atoms with Gasteiger partial charge in [-0.05, 0) is 171 Å². The lowest BCUT2D eigenvalue weighted by Gasteiger charge is -2.41. The Labute approximate surface area is 911 Å². The van der Waals surface area contributed by atoms with Gasteiger partial charge in [-0.2, -0.15) is 70.6 Å². The number of aldehydes is 5. The van der Waals surface area contributed by atoms with E-state index >= 15 is 0 Å². The predicted octanol–water partition coefficient (Wildman–Crippen LogP) is 18.3. The molecule has 42 heteroatoms. The van der Waals surface area contributed by atoms with Gasteiger partial charge < -0.3 is 103 Å². The number of benzene rings is 7. The Morgan fingerprint density at radius 1 is 0.354 bits per heavy atom. The van der Waals surface area contributed by atoms with E-state index in [0.717, 1.165) is 71.0 Å². The van der Waals surface area contributed by atoms with Crippen LogP contribution in [-0.4, -0.2) is 356 Å². The summed E-state index contributed by atoms with van der Waals surface area (Å²) in [7, 11) is 2.26. The first-order chi connectivity index (χ1) is 69.7. The summed E-state index contributed by atoms with van der Waals surface area (Å²) in [5, 5.41) is 61.6. The minimum atomic E-state index is -1.89. The van der Waals surface area contributed by atoms with Crippen molar-refractivity contribution in [2.24, 2.45) is 0 Å². The van der Waals surface area contributed by atoms with Crippen LogP contribution in [-0.2, 0) is 13.3 Å². The van der Waals surface area contributed by atoms with Gasteiger partial charge in [-0.25, -0.2) is 4.79 Å². The van der Waals surface area contributed by atoms with E-state index in [0.29, 0.717) is 148 Å². The van der Waals surface area contributed by atoms with Gasteiger partial charge in [-0.3, -0.25) is 43.2 Å². The van der Waals surface area contributed by atoms with E-state index < -0.39 is 30.9 Å². The highest BCUT2D eigenvalue weighted by atomic mass is 79.9. The summed E-state index contributed by atoms with van der Waals surface area (Å²) in [5.41, 5.74) is 2.65. The number of phenolic OH excluding ortho intramolecular Hbond substituents is 3. The highest BCUT2D eigenvalue weighted by Crippen LogP contribution is 2.42. The number of hydrogen-bond donors (Lipinski definition) is 8. The second-order valence-corrected chi connectivity index (χ2v) is 61.9. The van der Waals surface area contributed by atoms with Crippen molar-refractivity contribution in [2.45, 2.75) is 153 Å². The lowest BCUT2D eigenvalue weighted by atomic mass is 10.1. The number of hydrogen-bond acceptors (Lipinski definition) is 32. The molecule has 13 rings (SSSR count). The number of nitrogens with zero attached hydrogens (tertiary/aromatic N) is 4. The Morgan fingerprint density at radius 2 is 0.633 bits per heavy atom. The number of rotatable bonds is 29. The van der Waals surface area contributed by atoms with Gasteiger partial charge in [-0.1, -0.05) is 105 Å². The third-order valence-electron chi connectivity index (χ3n) is 26.2. The Kier molecular flexibility index (Phi) is 54.4. The number of aliphatic hydroxyl groups excluding tert-OH is 2. The fraction of sp³-hybridized carbons (Fsp3) is 0.505. The summed E-state index contributed by atoms with van der Waals surface area (Å²) in [6.07, 6.45) is 2.91. The summed E-state index contributed by atoms with van der Waals surface area (Å²) in [5.74, 6) is 11.8. The number of halogens is 2. The monoisotopic (exact) mass is 2330 g/mol. The number of ether oxygens (including phenoxy) is 6. The van der Waals surface area contributed by atoms with Crippen LogP contribution in [0.4, 0.5) is 0 Å². The molecule has 4 amide bonds. The second-order valence-electron chi connectivity index (χ2n) is 39.0. The number of phenols is 3. The molecule has 6 heterocycles. The van der Waals surface area contributed by atoms with Crippen molar-refractivity contribution in [1.29, 1.82) is 0 Å². The molecule has 0 radical (unpaired) electrons. The van der Waals surface area contributed by atoms with Crippen molar-refractivity contribution in [1.82, 2.24) is 30.2 Å². The van der Waals surface area contributed by atoms with Gasteiger partial charge >= 0.3 is 5.97 Å². The molecule has 0 aliphatic carbocycles. The summed E-state index contributed by atoms with van der Waals surface area (Å²) in [6, 6.07) is 34.7. The maximum Gasteiger partial charge on any atom is 0.336 e. The molecule has 6 aliphatic heterocycles. The molecule has 6 aliphatic rings. The zero-order chi connectivity index (χ0) is 109. The fourth-order valence-corrected chi connectivity index (χ4v) is 24.6. The maximum atomic E-state index is 13.2. The molecule has 147 heavy (non-hydrogen) atoms. The molecule has 7 aromatic rings. The standard InChI is InChI=1S/C21H21NO6S.C20H31NO4SSi.C19H30BrNO3SSi.C14H17NO4S.C11H25NOSSi.C8H7BrO3.C7H6O3.C5H11NOS/c1-27-19-6-2-4-15(16(19)10-23)21(26)22-8-9-29-13-14(22)12-28-20-7-3-5-18(25)17(20)11-24;1-20(2,3)27(5,6)25-13-15-14-26-11-10-21(15)19(23)16-8-7-9-18(24-4)17(16)12-22;1-19(2,3)26(5,6)24-12-14-13-25-11-10-21(14)18(22)15-8-7-9-16(23-4)17(15)20;1-19-13-4-2-3-11(12(13)8-17)14(18)15-5-6-20-9-10(15)7-16;1-11(2,3)15(4,5)13-8-10-9-14-7-6-12-10;1-12-6-4-2-3-5(7(6)9)8(10)11;8-4-5-6(9)2-1-3-7(5)10;7-3-5-4-8-2-1-6-5/h2-7,10-11,14,25H,8-9,12-13H2,1H3;7-9,12,15H,10-11,13-14H2,1-6H3;7-9,14H,10-13H2,1-6H3;2-4,8,10,16H,5-7,9H2,1H3;10,12H,6-9H2,1-5H3;2-4H,1H3,(H,10,11);1-4,9-10H;5-7H,1-4H2. The zero-order valence-electron chi connectivity index (χ0n) is 87.9. The summed E-state index contributed by atoms with van der Waals surface area (Å²) >= 11 is 17.7.